The van der Waals surface area contributed by atoms with Crippen LogP contribution >= 0.6 is 0 Å². The zero-order valence-electron chi connectivity index (χ0n) is 12.7. The number of phenolic OH excluding ortho intramolecular Hbond substituents is 1. The highest BCUT2D eigenvalue weighted by molar-refractivity contribution is 5.68. The van der Waals surface area contributed by atoms with Crippen molar-refractivity contribution in [3.05, 3.63) is 29.8 Å². The summed E-state index contributed by atoms with van der Waals surface area (Å²) >= 11 is 0. The van der Waals surface area contributed by atoms with Crippen molar-refractivity contribution in [2.24, 2.45) is 0 Å². The fraction of sp³-hybridized carbons (Fsp3) is 0.562. The molecule has 0 radical (unpaired) electrons. The number of benzene rings is 1. The van der Waals surface area contributed by atoms with Gasteiger partial charge in [-0.2, -0.15) is 0 Å². The number of amides is 1. The maximum Gasteiger partial charge on any atom is 0.410 e. The van der Waals surface area contributed by atoms with Crippen LogP contribution in [0.1, 0.15) is 38.7 Å². The van der Waals surface area contributed by atoms with Gasteiger partial charge in [-0.15, -0.1) is 0 Å². The monoisotopic (exact) mass is 295 g/mol. The summed E-state index contributed by atoms with van der Waals surface area (Å²) in [6.07, 6.45) is -1.05. The van der Waals surface area contributed by atoms with E-state index in [1.54, 1.807) is 45.0 Å². The van der Waals surface area contributed by atoms with E-state index >= 15 is 0 Å². The van der Waals surface area contributed by atoms with E-state index in [1.165, 1.54) is 4.90 Å². The van der Waals surface area contributed by atoms with Gasteiger partial charge in [0.25, 0.3) is 0 Å². The predicted octanol–water partition coefficient (Wildman–Crippen LogP) is 3.45. The number of phenols is 1. The van der Waals surface area contributed by atoms with Crippen molar-refractivity contribution in [1.29, 1.82) is 0 Å². The standard InChI is InChI=1S/C16H22FNO3/c1-16(2,3)21-15(20)18-9-8-13(14(17)10-18)11-4-6-12(19)7-5-11/h4-7,13-14,19H,8-10H2,1-3H3/t13?,14-/m0/s1. The number of rotatable bonds is 1. The minimum Gasteiger partial charge on any atom is -0.508 e. The molecule has 1 heterocycles. The van der Waals surface area contributed by atoms with E-state index in [2.05, 4.69) is 0 Å². The molecular formula is C16H22FNO3. The highest BCUT2D eigenvalue weighted by atomic mass is 19.1. The number of piperidine rings is 1. The van der Waals surface area contributed by atoms with Gasteiger partial charge in [-0.3, -0.25) is 0 Å². The van der Waals surface area contributed by atoms with Crippen LogP contribution in [0.4, 0.5) is 9.18 Å². The molecule has 1 aromatic carbocycles. The lowest BCUT2D eigenvalue weighted by atomic mass is 9.88. The van der Waals surface area contributed by atoms with Gasteiger partial charge in [0, 0.05) is 12.5 Å². The maximum atomic E-state index is 14.4. The second kappa shape index (κ2) is 5.92. The fourth-order valence-electron chi connectivity index (χ4n) is 2.49. The van der Waals surface area contributed by atoms with Crippen LogP contribution < -0.4 is 0 Å². The Labute approximate surface area is 124 Å². The molecule has 1 amide bonds. The number of alkyl halides is 1. The van der Waals surface area contributed by atoms with Gasteiger partial charge in [-0.05, 0) is 44.9 Å². The average molecular weight is 295 g/mol. The van der Waals surface area contributed by atoms with Crippen LogP contribution in [0, 0.1) is 0 Å². The molecule has 0 spiro atoms. The highest BCUT2D eigenvalue weighted by Gasteiger charge is 2.34. The van der Waals surface area contributed by atoms with Crippen LogP contribution in [0.2, 0.25) is 0 Å². The summed E-state index contributed by atoms with van der Waals surface area (Å²) in [6, 6.07) is 6.58. The van der Waals surface area contributed by atoms with Crippen LogP contribution in [0.5, 0.6) is 5.75 Å². The first-order valence-electron chi connectivity index (χ1n) is 7.17. The number of halogens is 1. The van der Waals surface area contributed by atoms with Crippen molar-refractivity contribution >= 4 is 6.09 Å². The van der Waals surface area contributed by atoms with Crippen LogP contribution in [-0.4, -0.2) is 41.0 Å². The molecule has 1 saturated heterocycles. The Morgan fingerprint density at radius 1 is 1.33 bits per heavy atom. The van der Waals surface area contributed by atoms with E-state index in [1.807, 2.05) is 0 Å². The van der Waals surface area contributed by atoms with Crippen LogP contribution in [-0.2, 0) is 4.74 Å². The Morgan fingerprint density at radius 2 is 1.95 bits per heavy atom. The first-order valence-corrected chi connectivity index (χ1v) is 7.17. The molecule has 0 bridgehead atoms. The molecule has 0 saturated carbocycles. The van der Waals surface area contributed by atoms with Gasteiger partial charge in [-0.25, -0.2) is 9.18 Å². The SMILES string of the molecule is CC(C)(C)OC(=O)N1CCC(c2ccc(O)cc2)[C@@H](F)C1. The number of carbonyl (C=O) groups is 1. The minimum atomic E-state index is -1.13. The molecule has 5 heteroatoms. The van der Waals surface area contributed by atoms with Crippen LogP contribution in [0.3, 0.4) is 0 Å². The number of ether oxygens (including phenoxy) is 1. The van der Waals surface area contributed by atoms with Gasteiger partial charge < -0.3 is 14.7 Å². The lowest BCUT2D eigenvalue weighted by molar-refractivity contribution is 0.0111. The lowest BCUT2D eigenvalue weighted by Gasteiger charge is -2.35. The molecule has 2 rings (SSSR count). The van der Waals surface area contributed by atoms with Crippen molar-refractivity contribution in [2.75, 3.05) is 13.1 Å². The van der Waals surface area contributed by atoms with Gasteiger partial charge >= 0.3 is 6.09 Å². The lowest BCUT2D eigenvalue weighted by Crippen LogP contribution is -2.46. The Hall–Kier alpha value is -1.78. The number of hydrogen-bond acceptors (Lipinski definition) is 3. The van der Waals surface area contributed by atoms with E-state index in [-0.39, 0.29) is 18.2 Å². The molecule has 1 N–H and O–H groups in total. The molecule has 0 aromatic heterocycles. The number of hydrogen-bond donors (Lipinski definition) is 1. The summed E-state index contributed by atoms with van der Waals surface area (Å²) in [4.78, 5) is 13.4. The van der Waals surface area contributed by atoms with Gasteiger partial charge in [0.05, 0.1) is 6.54 Å². The van der Waals surface area contributed by atoms with Crippen molar-refractivity contribution in [3.8, 4) is 5.75 Å². The fourth-order valence-corrected chi connectivity index (χ4v) is 2.49. The third-order valence-corrected chi connectivity index (χ3v) is 3.51. The largest absolute Gasteiger partial charge is 0.508 e. The topological polar surface area (TPSA) is 49.8 Å². The van der Waals surface area contributed by atoms with Crippen LogP contribution in [0.25, 0.3) is 0 Å². The first kappa shape index (κ1) is 15.6. The number of aromatic hydroxyl groups is 1. The number of likely N-dealkylation sites (tertiary alicyclic amines) is 1. The third-order valence-electron chi connectivity index (χ3n) is 3.51. The molecule has 0 aliphatic carbocycles. The normalized spacial score (nSPS) is 23.0. The molecule has 1 fully saturated rings. The molecule has 1 aliphatic rings. The van der Waals surface area contributed by atoms with Gasteiger partial charge in [-0.1, -0.05) is 12.1 Å². The smallest absolute Gasteiger partial charge is 0.410 e. The Balaban J connectivity index is 1.99. The number of carbonyl (C=O) groups excluding carboxylic acids is 1. The Bertz CT molecular complexity index is 495. The highest BCUT2D eigenvalue weighted by Crippen LogP contribution is 2.31. The molecular weight excluding hydrogens is 273 g/mol. The molecule has 1 unspecified atom stereocenters. The molecule has 2 atom stereocenters. The van der Waals surface area contributed by atoms with E-state index in [0.29, 0.717) is 13.0 Å². The summed E-state index contributed by atoms with van der Waals surface area (Å²) in [5.74, 6) is -0.0790. The van der Waals surface area contributed by atoms with Crippen molar-refractivity contribution in [3.63, 3.8) is 0 Å². The molecule has 1 aromatic rings. The quantitative estimate of drug-likeness (QED) is 0.863. The zero-order valence-corrected chi connectivity index (χ0v) is 12.7. The maximum absolute atomic E-state index is 14.4. The number of nitrogens with zero attached hydrogens (tertiary/aromatic N) is 1. The van der Waals surface area contributed by atoms with Crippen molar-refractivity contribution in [2.45, 2.75) is 44.9 Å². The Morgan fingerprint density at radius 3 is 2.48 bits per heavy atom. The molecule has 4 nitrogen and oxygen atoms in total. The van der Waals surface area contributed by atoms with E-state index in [0.717, 1.165) is 5.56 Å². The summed E-state index contributed by atoms with van der Waals surface area (Å²) < 4.78 is 19.6. The second-order valence-corrected chi connectivity index (χ2v) is 6.43. The van der Waals surface area contributed by atoms with Crippen molar-refractivity contribution < 1.29 is 19.0 Å². The summed E-state index contributed by atoms with van der Waals surface area (Å²) in [6.45, 7) is 5.89. The summed E-state index contributed by atoms with van der Waals surface area (Å²) in [5.41, 5.74) is 0.278. The second-order valence-electron chi connectivity index (χ2n) is 6.43. The molecule has 1 aliphatic heterocycles. The van der Waals surface area contributed by atoms with Gasteiger partial charge in [0.15, 0.2) is 0 Å². The summed E-state index contributed by atoms with van der Waals surface area (Å²) in [7, 11) is 0. The van der Waals surface area contributed by atoms with E-state index in [9.17, 15) is 14.3 Å². The zero-order chi connectivity index (χ0) is 15.6. The molecule has 116 valence electrons. The minimum absolute atomic E-state index is 0.0421. The molecule has 21 heavy (non-hydrogen) atoms. The van der Waals surface area contributed by atoms with E-state index < -0.39 is 17.9 Å². The average Bonchev–Trinajstić information content (AvgIpc) is 2.38. The Kier molecular flexibility index (Phi) is 4.40. The van der Waals surface area contributed by atoms with E-state index in [4.69, 9.17) is 4.74 Å². The predicted molar refractivity (Wildman–Crippen MR) is 78.2 cm³/mol. The van der Waals surface area contributed by atoms with Crippen molar-refractivity contribution in [1.82, 2.24) is 4.90 Å². The van der Waals surface area contributed by atoms with Crippen LogP contribution in [0.15, 0.2) is 24.3 Å². The van der Waals surface area contributed by atoms with Gasteiger partial charge in [0.1, 0.15) is 17.5 Å². The van der Waals surface area contributed by atoms with Gasteiger partial charge in [0.2, 0.25) is 0 Å². The summed E-state index contributed by atoms with van der Waals surface area (Å²) in [5, 5.41) is 9.28. The first-order chi connectivity index (χ1) is 9.76. The third kappa shape index (κ3) is 4.09.